The lowest BCUT2D eigenvalue weighted by Gasteiger charge is -2.22. The molecule has 2 aromatic carbocycles. The van der Waals surface area contributed by atoms with E-state index in [4.69, 9.17) is 11.6 Å². The van der Waals surface area contributed by atoms with Gasteiger partial charge in [0.25, 0.3) is 5.91 Å². The van der Waals surface area contributed by atoms with Crippen LogP contribution in [0.5, 0.6) is 0 Å². The topological polar surface area (TPSA) is 75.3 Å². The molecule has 1 saturated carbocycles. The maximum atomic E-state index is 14.4. The number of sulfonamides is 1. The Hall–Kier alpha value is -1.96. The quantitative estimate of drug-likeness (QED) is 0.769. The van der Waals surface area contributed by atoms with Gasteiger partial charge in [0.15, 0.2) is 0 Å². The largest absolute Gasteiger partial charge is 0.319 e. The highest BCUT2D eigenvalue weighted by atomic mass is 35.5. The standard InChI is InChI=1S/C19H20ClFN2O3S/c20-14-6-4-5-13(11-14)19(24)22-18-10-9-16(12-17(18)21)27(25,26)23-15-7-2-1-3-8-15/h4-6,9-12,15,23H,1-3,7-8H2,(H,22,24). The minimum Gasteiger partial charge on any atom is -0.319 e. The Morgan fingerprint density at radius 3 is 2.48 bits per heavy atom. The second-order valence-corrected chi connectivity index (χ2v) is 8.71. The van der Waals surface area contributed by atoms with Crippen LogP contribution in [0.25, 0.3) is 0 Å². The fraction of sp³-hybridized carbons (Fsp3) is 0.316. The summed E-state index contributed by atoms with van der Waals surface area (Å²) in [7, 11) is -3.81. The molecule has 144 valence electrons. The van der Waals surface area contributed by atoms with Gasteiger partial charge in [-0.05, 0) is 49.2 Å². The van der Waals surface area contributed by atoms with Crippen molar-refractivity contribution >= 4 is 33.2 Å². The van der Waals surface area contributed by atoms with Gasteiger partial charge in [0, 0.05) is 16.6 Å². The Balaban J connectivity index is 1.74. The van der Waals surface area contributed by atoms with Gasteiger partial charge >= 0.3 is 0 Å². The molecule has 0 aliphatic heterocycles. The third kappa shape index (κ3) is 5.06. The number of hydrogen-bond donors (Lipinski definition) is 2. The van der Waals surface area contributed by atoms with E-state index in [0.29, 0.717) is 5.02 Å². The third-order valence-corrected chi connectivity index (χ3v) is 6.27. The van der Waals surface area contributed by atoms with Crippen molar-refractivity contribution in [1.82, 2.24) is 4.72 Å². The number of rotatable bonds is 5. The van der Waals surface area contributed by atoms with Crippen LogP contribution < -0.4 is 10.0 Å². The number of halogens is 2. The molecule has 0 radical (unpaired) electrons. The van der Waals surface area contributed by atoms with E-state index < -0.39 is 21.7 Å². The fourth-order valence-electron chi connectivity index (χ4n) is 3.10. The second-order valence-electron chi connectivity index (χ2n) is 6.56. The number of hydrogen-bond acceptors (Lipinski definition) is 3. The average Bonchev–Trinajstić information content (AvgIpc) is 2.63. The van der Waals surface area contributed by atoms with Crippen molar-refractivity contribution < 1.29 is 17.6 Å². The first-order valence-corrected chi connectivity index (χ1v) is 10.6. The summed E-state index contributed by atoms with van der Waals surface area (Å²) in [6.45, 7) is 0. The zero-order chi connectivity index (χ0) is 19.4. The van der Waals surface area contributed by atoms with E-state index in [1.54, 1.807) is 18.2 Å². The van der Waals surface area contributed by atoms with Crippen molar-refractivity contribution in [3.63, 3.8) is 0 Å². The maximum absolute atomic E-state index is 14.4. The van der Waals surface area contributed by atoms with Crippen molar-refractivity contribution in [2.24, 2.45) is 0 Å². The number of benzene rings is 2. The summed E-state index contributed by atoms with van der Waals surface area (Å²) in [5.74, 6) is -1.36. The Morgan fingerprint density at radius 2 is 1.81 bits per heavy atom. The van der Waals surface area contributed by atoms with Crippen LogP contribution in [0, 0.1) is 5.82 Å². The van der Waals surface area contributed by atoms with Gasteiger partial charge in [-0.2, -0.15) is 0 Å². The summed E-state index contributed by atoms with van der Waals surface area (Å²) >= 11 is 5.85. The van der Waals surface area contributed by atoms with Crippen molar-refractivity contribution in [2.45, 2.75) is 43.0 Å². The summed E-state index contributed by atoms with van der Waals surface area (Å²) in [5.41, 5.74) is 0.175. The van der Waals surface area contributed by atoms with Crippen molar-refractivity contribution in [3.8, 4) is 0 Å². The van der Waals surface area contributed by atoms with Crippen LogP contribution in [0.2, 0.25) is 5.02 Å². The minimum absolute atomic E-state index is 0.100. The molecule has 0 bridgehead atoms. The molecule has 0 heterocycles. The Morgan fingerprint density at radius 1 is 1.07 bits per heavy atom. The van der Waals surface area contributed by atoms with Crippen LogP contribution in [0.15, 0.2) is 47.4 Å². The van der Waals surface area contributed by atoms with E-state index in [0.717, 1.165) is 38.2 Å². The number of nitrogens with one attached hydrogen (secondary N) is 2. The minimum atomic E-state index is -3.81. The van der Waals surface area contributed by atoms with E-state index >= 15 is 0 Å². The van der Waals surface area contributed by atoms with Crippen LogP contribution >= 0.6 is 11.6 Å². The smallest absolute Gasteiger partial charge is 0.255 e. The second kappa shape index (κ2) is 8.37. The lowest BCUT2D eigenvalue weighted by molar-refractivity contribution is 0.102. The van der Waals surface area contributed by atoms with Gasteiger partial charge in [0.2, 0.25) is 10.0 Å². The normalized spacial score (nSPS) is 15.5. The van der Waals surface area contributed by atoms with E-state index in [1.165, 1.54) is 18.2 Å². The SMILES string of the molecule is O=C(Nc1ccc(S(=O)(=O)NC2CCCCC2)cc1F)c1cccc(Cl)c1. The summed E-state index contributed by atoms with van der Waals surface area (Å²) in [4.78, 5) is 12.0. The van der Waals surface area contributed by atoms with Crippen molar-refractivity contribution in [1.29, 1.82) is 0 Å². The molecular weight excluding hydrogens is 391 g/mol. The molecule has 0 unspecified atom stereocenters. The van der Waals surface area contributed by atoms with Crippen molar-refractivity contribution in [2.75, 3.05) is 5.32 Å². The molecule has 5 nitrogen and oxygen atoms in total. The highest BCUT2D eigenvalue weighted by molar-refractivity contribution is 7.89. The van der Waals surface area contributed by atoms with E-state index in [9.17, 15) is 17.6 Å². The summed E-state index contributed by atoms with van der Waals surface area (Å²) in [6.07, 6.45) is 4.64. The fourth-order valence-corrected chi connectivity index (χ4v) is 4.60. The van der Waals surface area contributed by atoms with E-state index in [2.05, 4.69) is 10.0 Å². The van der Waals surface area contributed by atoms with Gasteiger partial charge in [-0.25, -0.2) is 17.5 Å². The lowest BCUT2D eigenvalue weighted by atomic mass is 9.96. The summed E-state index contributed by atoms with van der Waals surface area (Å²) < 4.78 is 41.9. The molecule has 2 N–H and O–H groups in total. The van der Waals surface area contributed by atoms with Gasteiger partial charge < -0.3 is 5.32 Å². The highest BCUT2D eigenvalue weighted by Crippen LogP contribution is 2.23. The number of amides is 1. The number of anilines is 1. The summed E-state index contributed by atoms with van der Waals surface area (Å²) in [5, 5.41) is 2.81. The van der Waals surface area contributed by atoms with Gasteiger partial charge in [0.1, 0.15) is 5.82 Å². The molecule has 0 saturated heterocycles. The first-order chi connectivity index (χ1) is 12.8. The van der Waals surface area contributed by atoms with E-state index in [1.807, 2.05) is 0 Å². The third-order valence-electron chi connectivity index (χ3n) is 4.51. The Bertz CT molecular complexity index is 944. The molecular formula is C19H20ClFN2O3S. The molecule has 3 rings (SSSR count). The number of carbonyl (C=O) groups is 1. The summed E-state index contributed by atoms with van der Waals surface area (Å²) in [6, 6.07) is 9.56. The molecule has 1 amide bonds. The number of carbonyl (C=O) groups excluding carboxylic acids is 1. The molecule has 0 spiro atoms. The molecule has 8 heteroatoms. The van der Waals surface area contributed by atoms with Crippen LogP contribution in [0.3, 0.4) is 0 Å². The van der Waals surface area contributed by atoms with Gasteiger partial charge in [-0.3, -0.25) is 4.79 Å². The monoisotopic (exact) mass is 410 g/mol. The first-order valence-electron chi connectivity index (χ1n) is 8.74. The predicted molar refractivity (Wildman–Crippen MR) is 103 cm³/mol. The predicted octanol–water partition coefficient (Wildman–Crippen LogP) is 4.34. The molecule has 27 heavy (non-hydrogen) atoms. The molecule has 2 aromatic rings. The first kappa shape index (κ1) is 19.8. The van der Waals surface area contributed by atoms with Crippen LogP contribution in [-0.2, 0) is 10.0 Å². The molecule has 0 atom stereocenters. The van der Waals surface area contributed by atoms with E-state index in [-0.39, 0.29) is 22.2 Å². The van der Waals surface area contributed by atoms with Gasteiger partial charge in [-0.15, -0.1) is 0 Å². The maximum Gasteiger partial charge on any atom is 0.255 e. The van der Waals surface area contributed by atoms with Gasteiger partial charge in [0.05, 0.1) is 10.6 Å². The Labute approximate surface area is 163 Å². The molecule has 1 aliphatic carbocycles. The zero-order valence-corrected chi connectivity index (χ0v) is 16.1. The Kier molecular flexibility index (Phi) is 6.14. The lowest BCUT2D eigenvalue weighted by Crippen LogP contribution is -2.36. The van der Waals surface area contributed by atoms with Crippen LogP contribution in [0.1, 0.15) is 42.5 Å². The van der Waals surface area contributed by atoms with Crippen LogP contribution in [0.4, 0.5) is 10.1 Å². The van der Waals surface area contributed by atoms with Gasteiger partial charge in [-0.1, -0.05) is 36.9 Å². The molecule has 1 aliphatic rings. The van der Waals surface area contributed by atoms with Crippen LogP contribution in [-0.4, -0.2) is 20.4 Å². The van der Waals surface area contributed by atoms with Crippen molar-refractivity contribution in [3.05, 3.63) is 58.9 Å². The highest BCUT2D eigenvalue weighted by Gasteiger charge is 2.23. The average molecular weight is 411 g/mol. The molecule has 0 aromatic heterocycles. The molecule has 1 fully saturated rings. The zero-order valence-electron chi connectivity index (χ0n) is 14.5.